The molecule has 0 saturated carbocycles. The zero-order chi connectivity index (χ0) is 13.5. The molecule has 0 saturated heterocycles. The maximum absolute atomic E-state index is 11.5. The van der Waals surface area contributed by atoms with Gasteiger partial charge in [-0.25, -0.2) is 0 Å². The molecule has 0 spiro atoms. The monoisotopic (exact) mass is 258 g/mol. The van der Waals surface area contributed by atoms with E-state index < -0.39 is 0 Å². The zero-order valence-corrected chi connectivity index (χ0v) is 11.0. The van der Waals surface area contributed by atoms with Crippen molar-refractivity contribution in [2.24, 2.45) is 0 Å². The van der Waals surface area contributed by atoms with Crippen molar-refractivity contribution in [1.82, 2.24) is 15.5 Å². The topological polar surface area (TPSA) is 66.9 Å². The Morgan fingerprint density at radius 1 is 1.26 bits per heavy atom. The van der Waals surface area contributed by atoms with Crippen molar-refractivity contribution >= 4 is 22.5 Å². The molecule has 0 aliphatic heterocycles. The molecule has 100 valence electrons. The van der Waals surface area contributed by atoms with E-state index in [4.69, 9.17) is 0 Å². The highest BCUT2D eigenvalue weighted by Crippen LogP contribution is 2.18. The summed E-state index contributed by atoms with van der Waals surface area (Å²) in [5.41, 5.74) is 0. The minimum atomic E-state index is 0.0579. The first kappa shape index (κ1) is 13.3. The maximum atomic E-state index is 11.5. The van der Waals surface area contributed by atoms with Crippen molar-refractivity contribution in [3.8, 4) is 0 Å². The summed E-state index contributed by atoms with van der Waals surface area (Å²) in [5.74, 6) is 0.781. The third-order valence-corrected chi connectivity index (χ3v) is 2.79. The van der Waals surface area contributed by atoms with Gasteiger partial charge in [-0.3, -0.25) is 4.79 Å². The summed E-state index contributed by atoms with van der Waals surface area (Å²) < 4.78 is 0. The Hall–Kier alpha value is -2.17. The summed E-state index contributed by atoms with van der Waals surface area (Å²) in [5, 5.41) is 16.1. The lowest BCUT2D eigenvalue weighted by Crippen LogP contribution is -2.26. The van der Waals surface area contributed by atoms with Crippen LogP contribution < -0.4 is 10.6 Å². The Bertz CT molecular complexity index is 551. The van der Waals surface area contributed by atoms with E-state index in [1.165, 1.54) is 0 Å². The molecular weight excluding hydrogens is 240 g/mol. The van der Waals surface area contributed by atoms with Gasteiger partial charge in [-0.2, -0.15) is 5.10 Å². The van der Waals surface area contributed by atoms with Crippen LogP contribution in [-0.4, -0.2) is 29.2 Å². The van der Waals surface area contributed by atoms with Gasteiger partial charge in [0.2, 0.25) is 5.91 Å². The SMILES string of the molecule is CCCNC(=O)CCNc1nncc2ccccc12. The molecule has 5 nitrogen and oxygen atoms in total. The minimum absolute atomic E-state index is 0.0579. The molecule has 0 fully saturated rings. The van der Waals surface area contributed by atoms with Crippen molar-refractivity contribution in [3.05, 3.63) is 30.5 Å². The third kappa shape index (κ3) is 3.64. The van der Waals surface area contributed by atoms with E-state index in [1.54, 1.807) is 6.20 Å². The van der Waals surface area contributed by atoms with E-state index >= 15 is 0 Å². The van der Waals surface area contributed by atoms with Gasteiger partial charge < -0.3 is 10.6 Å². The van der Waals surface area contributed by atoms with Gasteiger partial charge in [-0.15, -0.1) is 5.10 Å². The van der Waals surface area contributed by atoms with E-state index in [-0.39, 0.29) is 5.91 Å². The Balaban J connectivity index is 1.93. The molecule has 1 aromatic heterocycles. The van der Waals surface area contributed by atoms with Crippen LogP contribution in [0.2, 0.25) is 0 Å². The van der Waals surface area contributed by atoms with Crippen LogP contribution in [0.25, 0.3) is 10.8 Å². The lowest BCUT2D eigenvalue weighted by Gasteiger charge is -2.07. The number of nitrogens with one attached hydrogen (secondary N) is 2. The molecular formula is C14H18N4O. The third-order valence-electron chi connectivity index (χ3n) is 2.79. The molecule has 0 radical (unpaired) electrons. The molecule has 0 atom stereocenters. The van der Waals surface area contributed by atoms with Gasteiger partial charge in [-0.05, 0) is 6.42 Å². The molecule has 2 rings (SSSR count). The highest BCUT2D eigenvalue weighted by atomic mass is 16.1. The molecule has 2 N–H and O–H groups in total. The largest absolute Gasteiger partial charge is 0.368 e. The van der Waals surface area contributed by atoms with Gasteiger partial charge >= 0.3 is 0 Å². The molecule has 0 bridgehead atoms. The number of benzene rings is 1. The number of carbonyl (C=O) groups is 1. The molecule has 0 aliphatic rings. The molecule has 1 amide bonds. The molecule has 0 unspecified atom stereocenters. The zero-order valence-electron chi connectivity index (χ0n) is 11.0. The quantitative estimate of drug-likeness (QED) is 0.831. The highest BCUT2D eigenvalue weighted by molar-refractivity contribution is 5.91. The second kappa shape index (κ2) is 6.68. The van der Waals surface area contributed by atoms with Crippen LogP contribution in [0, 0.1) is 0 Å². The van der Waals surface area contributed by atoms with Gasteiger partial charge in [0, 0.05) is 30.3 Å². The fraction of sp³-hybridized carbons (Fsp3) is 0.357. The van der Waals surface area contributed by atoms with Crippen LogP contribution >= 0.6 is 0 Å². The first-order valence-corrected chi connectivity index (χ1v) is 6.52. The van der Waals surface area contributed by atoms with Crippen LogP contribution in [0.1, 0.15) is 19.8 Å². The summed E-state index contributed by atoms with van der Waals surface area (Å²) >= 11 is 0. The number of hydrogen-bond acceptors (Lipinski definition) is 4. The number of amides is 1. The van der Waals surface area contributed by atoms with E-state index in [1.807, 2.05) is 31.2 Å². The Labute approximate surface area is 112 Å². The first-order valence-electron chi connectivity index (χ1n) is 6.52. The summed E-state index contributed by atoms with van der Waals surface area (Å²) in [7, 11) is 0. The summed E-state index contributed by atoms with van der Waals surface area (Å²) in [6.07, 6.45) is 3.12. The fourth-order valence-electron chi connectivity index (χ4n) is 1.81. The van der Waals surface area contributed by atoms with Crippen LogP contribution in [0.3, 0.4) is 0 Å². The van der Waals surface area contributed by atoms with Crippen molar-refractivity contribution in [1.29, 1.82) is 0 Å². The van der Waals surface area contributed by atoms with Gasteiger partial charge in [0.05, 0.1) is 6.20 Å². The fourth-order valence-corrected chi connectivity index (χ4v) is 1.81. The molecule has 19 heavy (non-hydrogen) atoms. The van der Waals surface area contributed by atoms with Gasteiger partial charge in [-0.1, -0.05) is 31.2 Å². The molecule has 0 aliphatic carbocycles. The molecule has 2 aromatic rings. The summed E-state index contributed by atoms with van der Waals surface area (Å²) in [6, 6.07) is 7.90. The predicted octanol–water partition coefficient (Wildman–Crippen LogP) is 1.96. The highest BCUT2D eigenvalue weighted by Gasteiger charge is 2.04. The second-order valence-electron chi connectivity index (χ2n) is 4.31. The number of nitrogens with zero attached hydrogens (tertiary/aromatic N) is 2. The van der Waals surface area contributed by atoms with Crippen molar-refractivity contribution in [3.63, 3.8) is 0 Å². The maximum Gasteiger partial charge on any atom is 0.221 e. The lowest BCUT2D eigenvalue weighted by atomic mass is 10.2. The van der Waals surface area contributed by atoms with Gasteiger partial charge in [0.1, 0.15) is 0 Å². The minimum Gasteiger partial charge on any atom is -0.368 e. The van der Waals surface area contributed by atoms with E-state index in [2.05, 4.69) is 20.8 Å². The normalized spacial score (nSPS) is 10.4. The number of anilines is 1. The number of fused-ring (bicyclic) bond motifs is 1. The van der Waals surface area contributed by atoms with Gasteiger partial charge in [0.15, 0.2) is 5.82 Å². The predicted molar refractivity (Wildman–Crippen MR) is 75.9 cm³/mol. The van der Waals surface area contributed by atoms with Crippen molar-refractivity contribution in [2.75, 3.05) is 18.4 Å². The number of carbonyl (C=O) groups excluding carboxylic acids is 1. The number of aromatic nitrogens is 2. The van der Waals surface area contributed by atoms with E-state index in [0.717, 1.165) is 29.6 Å². The average molecular weight is 258 g/mol. The summed E-state index contributed by atoms with van der Waals surface area (Å²) in [6.45, 7) is 3.31. The standard InChI is InChI=1S/C14H18N4O/c1-2-8-15-13(19)7-9-16-14-12-6-4-3-5-11(12)10-17-18-14/h3-6,10H,2,7-9H2,1H3,(H,15,19)(H,16,18). The second-order valence-corrected chi connectivity index (χ2v) is 4.31. The van der Waals surface area contributed by atoms with Crippen LogP contribution in [-0.2, 0) is 4.79 Å². The Morgan fingerprint density at radius 2 is 2.11 bits per heavy atom. The van der Waals surface area contributed by atoms with Crippen LogP contribution in [0.5, 0.6) is 0 Å². The van der Waals surface area contributed by atoms with Crippen LogP contribution in [0.15, 0.2) is 30.5 Å². The van der Waals surface area contributed by atoms with E-state index in [9.17, 15) is 4.79 Å². The van der Waals surface area contributed by atoms with Crippen molar-refractivity contribution < 1.29 is 4.79 Å². The summed E-state index contributed by atoms with van der Waals surface area (Å²) in [4.78, 5) is 11.5. The van der Waals surface area contributed by atoms with E-state index in [0.29, 0.717) is 13.0 Å². The molecule has 1 heterocycles. The Kier molecular flexibility index (Phi) is 4.66. The average Bonchev–Trinajstić information content (AvgIpc) is 2.45. The van der Waals surface area contributed by atoms with Crippen molar-refractivity contribution in [2.45, 2.75) is 19.8 Å². The van der Waals surface area contributed by atoms with Gasteiger partial charge in [0.25, 0.3) is 0 Å². The Morgan fingerprint density at radius 3 is 2.95 bits per heavy atom. The number of hydrogen-bond donors (Lipinski definition) is 2. The molecule has 1 aromatic carbocycles. The first-order chi connectivity index (χ1) is 9.31. The smallest absolute Gasteiger partial charge is 0.221 e. The lowest BCUT2D eigenvalue weighted by molar-refractivity contribution is -0.120. The molecule has 5 heteroatoms. The van der Waals surface area contributed by atoms with Crippen LogP contribution in [0.4, 0.5) is 5.82 Å². The number of rotatable bonds is 6.